The Bertz CT molecular complexity index is 270. The van der Waals surface area contributed by atoms with Crippen LogP contribution in [0.5, 0.6) is 0 Å². The van der Waals surface area contributed by atoms with E-state index in [1.165, 1.54) is 4.68 Å². The molecule has 0 saturated carbocycles. The molecule has 4 nitrogen and oxygen atoms in total. The van der Waals surface area contributed by atoms with E-state index >= 15 is 0 Å². The van der Waals surface area contributed by atoms with Crippen molar-refractivity contribution in [3.63, 3.8) is 0 Å². The average Bonchev–Trinajstić information content (AvgIpc) is 1.98. The maximum Gasteiger partial charge on any atom is 0.271 e. The molecule has 1 aromatic rings. The second kappa shape index (κ2) is 1.65. The predicted octanol–water partition coefficient (Wildman–Crippen LogP) is -0.396. The molecule has 0 atom stereocenters. The first-order valence-corrected chi connectivity index (χ1v) is 2.64. The van der Waals surface area contributed by atoms with Crippen molar-refractivity contribution in [2.75, 3.05) is 5.73 Å². The van der Waals surface area contributed by atoms with Gasteiger partial charge in [0.15, 0.2) is 0 Å². The minimum Gasteiger partial charge on any atom is -0.384 e. The zero-order valence-electron chi connectivity index (χ0n) is 5.43. The van der Waals surface area contributed by atoms with Gasteiger partial charge in [0, 0.05) is 7.05 Å². The summed E-state index contributed by atoms with van der Waals surface area (Å²) in [4.78, 5) is 10.8. The van der Waals surface area contributed by atoms with Gasteiger partial charge in [-0.2, -0.15) is 0 Å². The summed E-state index contributed by atoms with van der Waals surface area (Å²) in [7, 11) is 1.63. The van der Waals surface area contributed by atoms with Crippen LogP contribution in [0.1, 0.15) is 5.56 Å². The Kier molecular flexibility index (Phi) is 1.09. The van der Waals surface area contributed by atoms with Gasteiger partial charge in [0.1, 0.15) is 5.82 Å². The van der Waals surface area contributed by atoms with Crippen molar-refractivity contribution in [1.29, 1.82) is 0 Å². The van der Waals surface area contributed by atoms with Gasteiger partial charge >= 0.3 is 0 Å². The molecule has 0 radical (unpaired) electrons. The van der Waals surface area contributed by atoms with Crippen LogP contribution in [0.25, 0.3) is 0 Å². The Balaban J connectivity index is 3.48. The second-order valence-electron chi connectivity index (χ2n) is 2.01. The molecule has 0 unspecified atom stereocenters. The normalized spacial score (nSPS) is 10.0. The van der Waals surface area contributed by atoms with Crippen LogP contribution in [0.2, 0.25) is 0 Å². The SMILES string of the molecule is Cc1c(N)[nH]n(C)c1=O. The van der Waals surface area contributed by atoms with E-state index in [0.717, 1.165) is 0 Å². The Labute approximate surface area is 52.3 Å². The highest BCUT2D eigenvalue weighted by molar-refractivity contribution is 5.35. The quantitative estimate of drug-likeness (QED) is 0.498. The number of nitrogens with two attached hydrogens (primary N) is 1. The molecule has 0 aliphatic heterocycles. The van der Waals surface area contributed by atoms with Crippen LogP contribution >= 0.6 is 0 Å². The van der Waals surface area contributed by atoms with Crippen molar-refractivity contribution >= 4 is 5.82 Å². The van der Waals surface area contributed by atoms with Crippen LogP contribution in [-0.4, -0.2) is 9.78 Å². The molecule has 0 amide bonds. The first-order valence-electron chi connectivity index (χ1n) is 2.64. The van der Waals surface area contributed by atoms with Crippen LogP contribution in [0.15, 0.2) is 4.79 Å². The molecule has 9 heavy (non-hydrogen) atoms. The van der Waals surface area contributed by atoms with Gasteiger partial charge in [-0.25, -0.2) is 0 Å². The van der Waals surface area contributed by atoms with E-state index in [2.05, 4.69) is 5.10 Å². The maximum atomic E-state index is 10.8. The number of rotatable bonds is 0. The summed E-state index contributed by atoms with van der Waals surface area (Å²) in [6.07, 6.45) is 0. The third kappa shape index (κ3) is 0.718. The topological polar surface area (TPSA) is 63.8 Å². The number of nitrogens with zero attached hydrogens (tertiary/aromatic N) is 1. The molecule has 0 aromatic carbocycles. The Morgan fingerprint density at radius 1 is 1.67 bits per heavy atom. The molecular formula is C5H9N3O. The lowest BCUT2D eigenvalue weighted by Crippen LogP contribution is -2.12. The van der Waals surface area contributed by atoms with Gasteiger partial charge in [-0.15, -0.1) is 0 Å². The van der Waals surface area contributed by atoms with Crippen LogP contribution in [0, 0.1) is 6.92 Å². The highest BCUT2D eigenvalue weighted by atomic mass is 16.1. The molecule has 1 aromatic heterocycles. The standard InChI is InChI=1S/C5H9N3O/c1-3-4(6)7-8(2)5(3)9/h7H,6H2,1-2H3. The van der Waals surface area contributed by atoms with Crippen molar-refractivity contribution in [3.8, 4) is 0 Å². The molecule has 1 heterocycles. The van der Waals surface area contributed by atoms with Gasteiger partial charge in [0.2, 0.25) is 0 Å². The number of nitrogens with one attached hydrogen (secondary N) is 1. The zero-order chi connectivity index (χ0) is 7.02. The molecule has 50 valence electrons. The number of nitrogen functional groups attached to an aromatic ring is 1. The molecule has 0 aliphatic rings. The summed E-state index contributed by atoms with van der Waals surface area (Å²) >= 11 is 0. The summed E-state index contributed by atoms with van der Waals surface area (Å²) < 4.78 is 1.35. The van der Waals surface area contributed by atoms with Crippen LogP contribution < -0.4 is 11.3 Å². The van der Waals surface area contributed by atoms with E-state index in [1.54, 1.807) is 14.0 Å². The van der Waals surface area contributed by atoms with Crippen LogP contribution in [-0.2, 0) is 7.05 Å². The molecular weight excluding hydrogens is 118 g/mol. The van der Waals surface area contributed by atoms with Gasteiger partial charge < -0.3 is 5.73 Å². The summed E-state index contributed by atoms with van der Waals surface area (Å²) in [6, 6.07) is 0. The second-order valence-corrected chi connectivity index (χ2v) is 2.01. The minimum atomic E-state index is -0.0625. The van der Waals surface area contributed by atoms with Crippen molar-refractivity contribution in [1.82, 2.24) is 9.78 Å². The van der Waals surface area contributed by atoms with E-state index < -0.39 is 0 Å². The van der Waals surface area contributed by atoms with E-state index in [4.69, 9.17) is 5.73 Å². The fourth-order valence-electron chi connectivity index (χ4n) is 0.682. The van der Waals surface area contributed by atoms with Crippen molar-refractivity contribution in [3.05, 3.63) is 15.9 Å². The number of hydrogen-bond acceptors (Lipinski definition) is 2. The third-order valence-electron chi connectivity index (χ3n) is 1.32. The number of aromatic nitrogens is 2. The number of aryl methyl sites for hydroxylation is 1. The molecule has 0 fully saturated rings. The Morgan fingerprint density at radius 3 is 2.33 bits per heavy atom. The van der Waals surface area contributed by atoms with Gasteiger partial charge in [-0.1, -0.05) is 0 Å². The van der Waals surface area contributed by atoms with E-state index in [9.17, 15) is 4.79 Å². The molecule has 3 N–H and O–H groups in total. The van der Waals surface area contributed by atoms with Gasteiger partial charge in [-0.3, -0.25) is 14.6 Å². The smallest absolute Gasteiger partial charge is 0.271 e. The summed E-state index contributed by atoms with van der Waals surface area (Å²) in [5.74, 6) is 0.447. The lowest BCUT2D eigenvalue weighted by Gasteiger charge is -1.83. The summed E-state index contributed by atoms with van der Waals surface area (Å²) in [6.45, 7) is 1.69. The van der Waals surface area contributed by atoms with Crippen molar-refractivity contribution in [2.24, 2.45) is 7.05 Å². The van der Waals surface area contributed by atoms with E-state index in [1.807, 2.05) is 0 Å². The number of hydrogen-bond donors (Lipinski definition) is 2. The first-order chi connectivity index (χ1) is 4.13. The molecule has 0 spiro atoms. The fraction of sp³-hybridized carbons (Fsp3) is 0.400. The molecule has 4 heteroatoms. The van der Waals surface area contributed by atoms with Crippen LogP contribution in [0.4, 0.5) is 5.82 Å². The highest BCUT2D eigenvalue weighted by Gasteiger charge is 2.01. The van der Waals surface area contributed by atoms with Gasteiger partial charge in [0.25, 0.3) is 5.56 Å². The van der Waals surface area contributed by atoms with Crippen molar-refractivity contribution < 1.29 is 0 Å². The number of aromatic amines is 1. The number of H-pyrrole nitrogens is 1. The van der Waals surface area contributed by atoms with E-state index in [-0.39, 0.29) is 5.56 Å². The minimum absolute atomic E-state index is 0.0625. The van der Waals surface area contributed by atoms with E-state index in [0.29, 0.717) is 11.4 Å². The molecule has 1 rings (SSSR count). The zero-order valence-corrected chi connectivity index (χ0v) is 5.43. The summed E-state index contributed by atoms with van der Waals surface area (Å²) in [5, 5.41) is 2.66. The Hall–Kier alpha value is -1.19. The molecule has 0 saturated heterocycles. The summed E-state index contributed by atoms with van der Waals surface area (Å²) in [5.41, 5.74) is 5.88. The van der Waals surface area contributed by atoms with Gasteiger partial charge in [-0.05, 0) is 6.92 Å². The average molecular weight is 127 g/mol. The Morgan fingerprint density at radius 2 is 2.22 bits per heavy atom. The van der Waals surface area contributed by atoms with Crippen LogP contribution in [0.3, 0.4) is 0 Å². The van der Waals surface area contributed by atoms with Crippen molar-refractivity contribution in [2.45, 2.75) is 6.92 Å². The monoisotopic (exact) mass is 127 g/mol. The predicted molar refractivity (Wildman–Crippen MR) is 35.2 cm³/mol. The highest BCUT2D eigenvalue weighted by Crippen LogP contribution is 1.96. The number of anilines is 1. The fourth-order valence-corrected chi connectivity index (χ4v) is 0.682. The first kappa shape index (κ1) is 5.94. The maximum absolute atomic E-state index is 10.8. The third-order valence-corrected chi connectivity index (χ3v) is 1.32. The molecule has 0 bridgehead atoms. The lowest BCUT2D eigenvalue weighted by atomic mass is 10.4. The van der Waals surface area contributed by atoms with Gasteiger partial charge in [0.05, 0.1) is 5.56 Å². The lowest BCUT2D eigenvalue weighted by molar-refractivity contribution is 0.742. The molecule has 0 aliphatic carbocycles. The largest absolute Gasteiger partial charge is 0.384 e.